The van der Waals surface area contributed by atoms with E-state index in [1.54, 1.807) is 35.8 Å². The number of hydrogen-bond donors (Lipinski definition) is 2. The molecular weight excluding hydrogens is 315 g/mol. The molecule has 3 rings (SSSR count). The molecule has 3 aromatic rings. The molecule has 2 aromatic heterocycles. The number of amides is 1. The summed E-state index contributed by atoms with van der Waals surface area (Å²) in [7, 11) is 0. The van der Waals surface area contributed by atoms with Crippen LogP contribution in [0.5, 0.6) is 0 Å². The maximum Gasteiger partial charge on any atom is 0.271 e. The quantitative estimate of drug-likeness (QED) is 0.754. The van der Waals surface area contributed by atoms with E-state index in [4.69, 9.17) is 0 Å². The van der Waals surface area contributed by atoms with E-state index in [2.05, 4.69) is 20.6 Å². The van der Waals surface area contributed by atoms with Crippen molar-refractivity contribution in [1.82, 2.24) is 15.3 Å². The van der Waals surface area contributed by atoms with Gasteiger partial charge in [-0.3, -0.25) is 4.79 Å². The summed E-state index contributed by atoms with van der Waals surface area (Å²) < 4.78 is 13.5. The van der Waals surface area contributed by atoms with E-state index in [1.807, 2.05) is 12.1 Å². The molecule has 0 saturated heterocycles. The molecule has 0 unspecified atom stereocenters. The molecule has 0 aliphatic carbocycles. The van der Waals surface area contributed by atoms with Gasteiger partial charge in [0.15, 0.2) is 5.13 Å². The third-order valence-electron chi connectivity index (χ3n) is 3.03. The van der Waals surface area contributed by atoms with Gasteiger partial charge in [-0.25, -0.2) is 14.4 Å². The Balaban J connectivity index is 1.61. The zero-order valence-electron chi connectivity index (χ0n) is 12.0. The Bertz CT molecular complexity index is 807. The Hall–Kier alpha value is -2.80. The van der Waals surface area contributed by atoms with Crippen molar-refractivity contribution in [3.05, 3.63) is 71.1 Å². The van der Waals surface area contributed by atoms with Crippen LogP contribution in [0.4, 0.5) is 15.3 Å². The van der Waals surface area contributed by atoms with Crippen LogP contribution in [0.3, 0.4) is 0 Å². The number of pyridine rings is 1. The number of carbonyl (C=O) groups excluding carboxylic acids is 1. The maximum absolute atomic E-state index is 13.5. The average Bonchev–Trinajstić information content (AvgIpc) is 3.03. The van der Waals surface area contributed by atoms with Gasteiger partial charge in [-0.15, -0.1) is 11.3 Å². The van der Waals surface area contributed by atoms with Crippen LogP contribution >= 0.6 is 11.3 Å². The topological polar surface area (TPSA) is 66.9 Å². The third-order valence-corrected chi connectivity index (χ3v) is 3.79. The molecular formula is C16H13FN4OS. The van der Waals surface area contributed by atoms with Crippen LogP contribution in [0.25, 0.3) is 0 Å². The molecule has 1 aromatic carbocycles. The van der Waals surface area contributed by atoms with E-state index >= 15 is 0 Å². The summed E-state index contributed by atoms with van der Waals surface area (Å²) in [6.07, 6.45) is 1.66. The molecule has 7 heteroatoms. The molecule has 23 heavy (non-hydrogen) atoms. The SMILES string of the molecule is O=C(NCc1ccccc1F)c1csc(Nc2ccccn2)n1. The van der Waals surface area contributed by atoms with Crippen LogP contribution in [0.15, 0.2) is 54.0 Å². The highest BCUT2D eigenvalue weighted by Crippen LogP contribution is 2.19. The maximum atomic E-state index is 13.5. The molecule has 0 atom stereocenters. The van der Waals surface area contributed by atoms with Crippen molar-refractivity contribution in [1.29, 1.82) is 0 Å². The molecule has 0 fully saturated rings. The molecule has 0 saturated carbocycles. The summed E-state index contributed by atoms with van der Waals surface area (Å²) in [5.41, 5.74) is 0.715. The van der Waals surface area contributed by atoms with E-state index in [9.17, 15) is 9.18 Å². The van der Waals surface area contributed by atoms with Crippen molar-refractivity contribution in [2.75, 3.05) is 5.32 Å². The predicted octanol–water partition coefficient (Wildman–Crippen LogP) is 3.35. The molecule has 2 N–H and O–H groups in total. The number of benzene rings is 1. The molecule has 1 amide bonds. The first-order valence-electron chi connectivity index (χ1n) is 6.87. The number of nitrogens with one attached hydrogen (secondary N) is 2. The number of halogens is 1. The van der Waals surface area contributed by atoms with Crippen LogP contribution in [-0.4, -0.2) is 15.9 Å². The lowest BCUT2D eigenvalue weighted by molar-refractivity contribution is 0.0946. The van der Waals surface area contributed by atoms with Crippen LogP contribution in [0.1, 0.15) is 16.1 Å². The zero-order valence-corrected chi connectivity index (χ0v) is 12.8. The lowest BCUT2D eigenvalue weighted by Crippen LogP contribution is -2.23. The minimum atomic E-state index is -0.349. The van der Waals surface area contributed by atoms with Gasteiger partial charge in [-0.1, -0.05) is 24.3 Å². The molecule has 0 radical (unpaired) electrons. The van der Waals surface area contributed by atoms with E-state index in [1.165, 1.54) is 17.4 Å². The molecule has 0 aliphatic rings. The van der Waals surface area contributed by atoms with Crippen molar-refractivity contribution in [3.8, 4) is 0 Å². The minimum absolute atomic E-state index is 0.117. The zero-order chi connectivity index (χ0) is 16.1. The van der Waals surface area contributed by atoms with Gasteiger partial charge in [0, 0.05) is 23.7 Å². The standard InChI is InChI=1S/C16H13FN4OS/c17-12-6-2-1-5-11(12)9-19-15(22)13-10-23-16(20-13)21-14-7-3-4-8-18-14/h1-8,10H,9H2,(H,19,22)(H,18,20,21). The number of rotatable bonds is 5. The number of anilines is 2. The Morgan fingerprint density at radius 1 is 1.17 bits per heavy atom. The first-order valence-corrected chi connectivity index (χ1v) is 7.75. The second-order valence-electron chi connectivity index (χ2n) is 4.65. The van der Waals surface area contributed by atoms with Crippen LogP contribution < -0.4 is 10.6 Å². The Labute approximate surface area is 136 Å². The number of aromatic nitrogens is 2. The highest BCUT2D eigenvalue weighted by molar-refractivity contribution is 7.14. The average molecular weight is 328 g/mol. The summed E-state index contributed by atoms with van der Waals surface area (Å²) in [6, 6.07) is 11.8. The van der Waals surface area contributed by atoms with Crippen LogP contribution in [0.2, 0.25) is 0 Å². The largest absolute Gasteiger partial charge is 0.346 e. The molecule has 2 heterocycles. The van der Waals surface area contributed by atoms with Gasteiger partial charge < -0.3 is 10.6 Å². The third kappa shape index (κ3) is 3.89. The Morgan fingerprint density at radius 2 is 2.00 bits per heavy atom. The van der Waals surface area contributed by atoms with Crippen molar-refractivity contribution in [3.63, 3.8) is 0 Å². The van der Waals surface area contributed by atoms with Gasteiger partial charge in [-0.2, -0.15) is 0 Å². The second kappa shape index (κ2) is 6.97. The van der Waals surface area contributed by atoms with Crippen molar-refractivity contribution in [2.45, 2.75) is 6.54 Å². The van der Waals surface area contributed by atoms with Crippen molar-refractivity contribution in [2.24, 2.45) is 0 Å². The smallest absolute Gasteiger partial charge is 0.271 e. The first-order chi connectivity index (χ1) is 11.2. The van der Waals surface area contributed by atoms with Crippen molar-refractivity contribution < 1.29 is 9.18 Å². The van der Waals surface area contributed by atoms with E-state index in [-0.39, 0.29) is 24.0 Å². The van der Waals surface area contributed by atoms with Gasteiger partial charge >= 0.3 is 0 Å². The number of nitrogens with zero attached hydrogens (tertiary/aromatic N) is 2. The minimum Gasteiger partial charge on any atom is -0.346 e. The van der Waals surface area contributed by atoms with Crippen LogP contribution in [0, 0.1) is 5.82 Å². The van der Waals surface area contributed by atoms with E-state index < -0.39 is 0 Å². The van der Waals surface area contributed by atoms with E-state index in [0.717, 1.165) is 0 Å². The molecule has 0 spiro atoms. The fourth-order valence-electron chi connectivity index (χ4n) is 1.89. The first kappa shape index (κ1) is 15.1. The molecule has 5 nitrogen and oxygen atoms in total. The second-order valence-corrected chi connectivity index (χ2v) is 5.51. The Morgan fingerprint density at radius 3 is 2.78 bits per heavy atom. The van der Waals surface area contributed by atoms with Crippen molar-refractivity contribution >= 4 is 28.2 Å². The lowest BCUT2D eigenvalue weighted by Gasteiger charge is -2.04. The molecule has 116 valence electrons. The number of carbonyl (C=O) groups is 1. The molecule has 0 bridgehead atoms. The van der Waals surface area contributed by atoms with Gasteiger partial charge in [0.25, 0.3) is 5.91 Å². The number of hydrogen-bond acceptors (Lipinski definition) is 5. The van der Waals surface area contributed by atoms with Gasteiger partial charge in [0.1, 0.15) is 17.3 Å². The predicted molar refractivity (Wildman–Crippen MR) is 87.2 cm³/mol. The highest BCUT2D eigenvalue weighted by Gasteiger charge is 2.11. The summed E-state index contributed by atoms with van der Waals surface area (Å²) >= 11 is 1.30. The van der Waals surface area contributed by atoms with Crippen LogP contribution in [-0.2, 0) is 6.54 Å². The monoisotopic (exact) mass is 328 g/mol. The summed E-state index contributed by atoms with van der Waals surface area (Å²) in [4.78, 5) is 20.4. The summed E-state index contributed by atoms with van der Waals surface area (Å²) in [6.45, 7) is 0.117. The van der Waals surface area contributed by atoms with Gasteiger partial charge in [0.05, 0.1) is 0 Å². The normalized spacial score (nSPS) is 10.3. The van der Waals surface area contributed by atoms with E-state index in [0.29, 0.717) is 16.5 Å². The number of thiazole rings is 1. The fourth-order valence-corrected chi connectivity index (χ4v) is 2.59. The molecule has 0 aliphatic heterocycles. The Kier molecular flexibility index (Phi) is 4.58. The van der Waals surface area contributed by atoms with Gasteiger partial charge in [0.2, 0.25) is 0 Å². The summed E-state index contributed by atoms with van der Waals surface area (Å²) in [5.74, 6) is -0.0395. The summed E-state index contributed by atoms with van der Waals surface area (Å²) in [5, 5.41) is 7.88. The van der Waals surface area contributed by atoms with Gasteiger partial charge in [-0.05, 0) is 18.2 Å². The highest BCUT2D eigenvalue weighted by atomic mass is 32.1. The fraction of sp³-hybridized carbons (Fsp3) is 0.0625. The lowest BCUT2D eigenvalue weighted by atomic mass is 10.2.